The maximum atomic E-state index is 12.6. The molecule has 5 nitrogen and oxygen atoms in total. The van der Waals surface area contributed by atoms with Gasteiger partial charge in [0.1, 0.15) is 0 Å². The molecule has 0 unspecified atom stereocenters. The lowest BCUT2D eigenvalue weighted by Gasteiger charge is -2.22. The summed E-state index contributed by atoms with van der Waals surface area (Å²) in [6, 6.07) is 11.0. The summed E-state index contributed by atoms with van der Waals surface area (Å²) in [5.41, 5.74) is 8.28. The number of ether oxygens (including phenoxy) is 2. The molecule has 0 radical (unpaired) electrons. The number of unbranched alkanes of at least 4 members (excludes halogenated alkanes) is 1. The Bertz CT molecular complexity index is 848. The number of esters is 1. The summed E-state index contributed by atoms with van der Waals surface area (Å²) in [6.45, 7) is 10.1. The van der Waals surface area contributed by atoms with E-state index in [1.165, 1.54) is 5.56 Å². The third kappa shape index (κ3) is 5.59. The maximum absolute atomic E-state index is 12.6. The summed E-state index contributed by atoms with van der Waals surface area (Å²) in [4.78, 5) is 23.9. The minimum absolute atomic E-state index is 0.144. The first-order valence-corrected chi connectivity index (χ1v) is 9.55. The van der Waals surface area contributed by atoms with Gasteiger partial charge in [-0.25, -0.2) is 9.59 Å². The molecule has 2 aromatic rings. The lowest BCUT2D eigenvalue weighted by atomic mass is 9.86. The fourth-order valence-corrected chi connectivity index (χ4v) is 2.83. The van der Waals surface area contributed by atoms with Gasteiger partial charge in [-0.15, -0.1) is 0 Å². The molecule has 0 aromatic heterocycles. The minimum Gasteiger partial charge on any atom is -0.419 e. The lowest BCUT2D eigenvalue weighted by Crippen LogP contribution is -2.19. The van der Waals surface area contributed by atoms with Gasteiger partial charge in [0, 0.05) is 0 Å². The molecule has 150 valence electrons. The molecule has 0 spiro atoms. The van der Waals surface area contributed by atoms with Crippen LogP contribution in [-0.2, 0) is 11.8 Å². The van der Waals surface area contributed by atoms with E-state index < -0.39 is 12.1 Å². The van der Waals surface area contributed by atoms with E-state index in [0.717, 1.165) is 24.8 Å². The molecule has 0 aliphatic heterocycles. The minimum atomic E-state index is -0.956. The zero-order valence-electron chi connectivity index (χ0n) is 17.3. The first-order valence-electron chi connectivity index (χ1n) is 9.55. The molecular weight excluding hydrogens is 354 g/mol. The number of primary amides is 1. The number of amides is 1. The Balaban J connectivity index is 2.30. The molecule has 0 bridgehead atoms. The van der Waals surface area contributed by atoms with Crippen molar-refractivity contribution < 1.29 is 19.1 Å². The van der Waals surface area contributed by atoms with Gasteiger partial charge in [-0.05, 0) is 60.1 Å². The Hall–Kier alpha value is -2.82. The fraction of sp³-hybridized carbons (Fsp3) is 0.391. The summed E-state index contributed by atoms with van der Waals surface area (Å²) >= 11 is 0. The molecule has 0 fully saturated rings. The van der Waals surface area contributed by atoms with Crippen molar-refractivity contribution >= 4 is 12.1 Å². The van der Waals surface area contributed by atoms with E-state index in [9.17, 15) is 9.59 Å². The quantitative estimate of drug-likeness (QED) is 0.541. The predicted molar refractivity (Wildman–Crippen MR) is 110 cm³/mol. The zero-order chi connectivity index (χ0) is 20.9. The van der Waals surface area contributed by atoms with Crippen molar-refractivity contribution in [3.05, 3.63) is 58.7 Å². The number of carbonyl (C=O) groups excluding carboxylic acids is 2. The fourth-order valence-electron chi connectivity index (χ4n) is 2.83. The van der Waals surface area contributed by atoms with E-state index in [1.807, 2.05) is 39.0 Å². The number of hydrogen-bond acceptors (Lipinski definition) is 4. The molecule has 0 saturated heterocycles. The van der Waals surface area contributed by atoms with Crippen LogP contribution in [0.3, 0.4) is 0 Å². The van der Waals surface area contributed by atoms with Gasteiger partial charge in [0.05, 0.1) is 5.56 Å². The SMILES string of the molecule is CCCCc1ccc(C(=O)Oc2c(C)cc(C(C)(C)C)cc2OC(N)=O)cc1. The lowest BCUT2D eigenvalue weighted by molar-refractivity contribution is 0.0728. The van der Waals surface area contributed by atoms with Crippen molar-refractivity contribution in [3.8, 4) is 11.5 Å². The van der Waals surface area contributed by atoms with Gasteiger partial charge < -0.3 is 15.2 Å². The van der Waals surface area contributed by atoms with Crippen LogP contribution in [0.15, 0.2) is 36.4 Å². The van der Waals surface area contributed by atoms with Crippen molar-refractivity contribution in [2.45, 2.75) is 59.3 Å². The number of rotatable bonds is 6. The van der Waals surface area contributed by atoms with E-state index in [-0.39, 0.29) is 16.9 Å². The van der Waals surface area contributed by atoms with Crippen LogP contribution in [0, 0.1) is 6.92 Å². The number of aryl methyl sites for hydroxylation is 2. The topological polar surface area (TPSA) is 78.6 Å². The van der Waals surface area contributed by atoms with E-state index in [2.05, 4.69) is 6.92 Å². The standard InChI is InChI=1S/C23H29NO4/c1-6-7-8-16-9-11-17(12-10-16)21(25)28-20-15(2)13-18(23(3,4)5)14-19(20)27-22(24)26/h9-14H,6-8H2,1-5H3,(H2,24,26). The van der Waals surface area contributed by atoms with Crippen molar-refractivity contribution in [1.82, 2.24) is 0 Å². The second-order valence-electron chi connectivity index (χ2n) is 7.98. The number of benzene rings is 2. The summed E-state index contributed by atoms with van der Waals surface area (Å²) in [5, 5.41) is 0. The summed E-state index contributed by atoms with van der Waals surface area (Å²) in [5.74, 6) is -0.167. The maximum Gasteiger partial charge on any atom is 0.410 e. The Morgan fingerprint density at radius 2 is 1.68 bits per heavy atom. The van der Waals surface area contributed by atoms with Gasteiger partial charge in [-0.3, -0.25) is 0 Å². The monoisotopic (exact) mass is 383 g/mol. The van der Waals surface area contributed by atoms with E-state index in [4.69, 9.17) is 15.2 Å². The Kier molecular flexibility index (Phi) is 6.84. The van der Waals surface area contributed by atoms with Crippen LogP contribution in [0.4, 0.5) is 4.79 Å². The summed E-state index contributed by atoms with van der Waals surface area (Å²) < 4.78 is 10.7. The van der Waals surface area contributed by atoms with Crippen molar-refractivity contribution in [2.75, 3.05) is 0 Å². The predicted octanol–water partition coefficient (Wildman–Crippen LogP) is 5.31. The molecule has 2 rings (SSSR count). The van der Waals surface area contributed by atoms with Gasteiger partial charge >= 0.3 is 12.1 Å². The highest BCUT2D eigenvalue weighted by atomic mass is 16.6. The van der Waals surface area contributed by atoms with Crippen molar-refractivity contribution in [2.24, 2.45) is 5.73 Å². The first-order chi connectivity index (χ1) is 13.1. The second-order valence-corrected chi connectivity index (χ2v) is 7.98. The highest BCUT2D eigenvalue weighted by molar-refractivity contribution is 5.91. The third-order valence-electron chi connectivity index (χ3n) is 4.52. The van der Waals surface area contributed by atoms with Crippen LogP contribution in [0.2, 0.25) is 0 Å². The van der Waals surface area contributed by atoms with E-state index >= 15 is 0 Å². The van der Waals surface area contributed by atoms with Gasteiger partial charge in [-0.2, -0.15) is 0 Å². The molecule has 5 heteroatoms. The molecule has 0 aliphatic carbocycles. The molecule has 0 atom stereocenters. The smallest absolute Gasteiger partial charge is 0.410 e. The molecule has 28 heavy (non-hydrogen) atoms. The van der Waals surface area contributed by atoms with Gasteiger partial charge in [0.15, 0.2) is 11.5 Å². The molecule has 2 aromatic carbocycles. The van der Waals surface area contributed by atoms with Crippen LogP contribution in [0.1, 0.15) is 67.6 Å². The van der Waals surface area contributed by atoms with Gasteiger partial charge in [0.2, 0.25) is 0 Å². The Labute approximate surface area is 166 Å². The zero-order valence-corrected chi connectivity index (χ0v) is 17.3. The van der Waals surface area contributed by atoms with Crippen molar-refractivity contribution in [3.63, 3.8) is 0 Å². The largest absolute Gasteiger partial charge is 0.419 e. The number of carbonyl (C=O) groups is 2. The van der Waals surface area contributed by atoms with Crippen LogP contribution < -0.4 is 15.2 Å². The molecule has 2 N–H and O–H groups in total. The molecule has 0 heterocycles. The van der Waals surface area contributed by atoms with Crippen LogP contribution in [-0.4, -0.2) is 12.1 Å². The number of hydrogen-bond donors (Lipinski definition) is 1. The molecular formula is C23H29NO4. The molecule has 0 saturated carbocycles. The normalized spacial score (nSPS) is 11.2. The van der Waals surface area contributed by atoms with Gasteiger partial charge in [-0.1, -0.05) is 52.3 Å². The Morgan fingerprint density at radius 3 is 2.21 bits per heavy atom. The van der Waals surface area contributed by atoms with Gasteiger partial charge in [0.25, 0.3) is 0 Å². The summed E-state index contributed by atoms with van der Waals surface area (Å²) in [6.07, 6.45) is 2.26. The molecule has 1 amide bonds. The van der Waals surface area contributed by atoms with E-state index in [0.29, 0.717) is 11.1 Å². The average molecular weight is 383 g/mol. The third-order valence-corrected chi connectivity index (χ3v) is 4.52. The van der Waals surface area contributed by atoms with E-state index in [1.54, 1.807) is 25.1 Å². The van der Waals surface area contributed by atoms with Crippen LogP contribution >= 0.6 is 0 Å². The van der Waals surface area contributed by atoms with Crippen molar-refractivity contribution in [1.29, 1.82) is 0 Å². The first kappa shape index (κ1) is 21.5. The van der Waals surface area contributed by atoms with Crippen LogP contribution in [0.25, 0.3) is 0 Å². The highest BCUT2D eigenvalue weighted by Crippen LogP contribution is 2.37. The average Bonchev–Trinajstić information content (AvgIpc) is 2.61. The second kappa shape index (κ2) is 8.91. The Morgan fingerprint density at radius 1 is 1.04 bits per heavy atom. The highest BCUT2D eigenvalue weighted by Gasteiger charge is 2.22. The summed E-state index contributed by atoms with van der Waals surface area (Å²) in [7, 11) is 0. The number of nitrogens with two attached hydrogens (primary N) is 1. The molecule has 0 aliphatic rings. The van der Waals surface area contributed by atoms with Crippen LogP contribution in [0.5, 0.6) is 11.5 Å².